The van der Waals surface area contributed by atoms with Gasteiger partial charge in [-0.05, 0) is 36.2 Å². The number of ether oxygens (including phenoxy) is 2. The maximum absolute atomic E-state index is 12.9. The summed E-state index contributed by atoms with van der Waals surface area (Å²) in [6.07, 6.45) is 0.507. The molecule has 144 valence electrons. The number of hydrogen-bond donors (Lipinski definition) is 1. The number of rotatable bonds is 9. The molecule has 2 rings (SSSR count). The Bertz CT molecular complexity index is 732. The molecule has 2 amide bonds. The highest BCUT2D eigenvalue weighted by Crippen LogP contribution is 2.17. The molecule has 6 heteroatoms. The number of nitrogens with one attached hydrogen (secondary N) is 1. The quantitative estimate of drug-likeness (QED) is 0.737. The largest absolute Gasteiger partial charge is 0.497 e. The molecule has 1 atom stereocenters. The van der Waals surface area contributed by atoms with Crippen LogP contribution in [0.15, 0.2) is 54.6 Å². The van der Waals surface area contributed by atoms with E-state index < -0.39 is 6.04 Å². The molecule has 0 aliphatic rings. The van der Waals surface area contributed by atoms with Gasteiger partial charge in [0.2, 0.25) is 5.91 Å². The second-order valence-corrected chi connectivity index (χ2v) is 6.01. The molecule has 6 nitrogen and oxygen atoms in total. The minimum absolute atomic E-state index is 0.131. The van der Waals surface area contributed by atoms with Gasteiger partial charge in [-0.1, -0.05) is 37.3 Å². The van der Waals surface area contributed by atoms with Crippen molar-refractivity contribution in [1.82, 2.24) is 10.2 Å². The monoisotopic (exact) mass is 370 g/mol. The lowest BCUT2D eigenvalue weighted by molar-refractivity contribution is -0.142. The van der Waals surface area contributed by atoms with Crippen LogP contribution in [0.5, 0.6) is 11.5 Å². The second-order valence-electron chi connectivity index (χ2n) is 6.01. The van der Waals surface area contributed by atoms with Crippen molar-refractivity contribution in [2.24, 2.45) is 0 Å². The molecular weight excluding hydrogens is 344 g/mol. The number of likely N-dealkylation sites (N-methyl/N-ethyl adjacent to an activating group) is 1. The van der Waals surface area contributed by atoms with E-state index in [1.165, 1.54) is 0 Å². The summed E-state index contributed by atoms with van der Waals surface area (Å²) in [4.78, 5) is 26.7. The summed E-state index contributed by atoms with van der Waals surface area (Å²) in [5.74, 6) is 0.912. The first-order chi connectivity index (χ1) is 13.1. The molecular formula is C21H26N2O4. The van der Waals surface area contributed by atoms with Gasteiger partial charge in [-0.3, -0.25) is 9.59 Å². The fourth-order valence-electron chi connectivity index (χ4n) is 2.76. The van der Waals surface area contributed by atoms with E-state index in [4.69, 9.17) is 9.47 Å². The van der Waals surface area contributed by atoms with Crippen molar-refractivity contribution < 1.29 is 19.1 Å². The number of amides is 2. The van der Waals surface area contributed by atoms with Crippen LogP contribution >= 0.6 is 0 Å². The zero-order chi connectivity index (χ0) is 19.6. The van der Waals surface area contributed by atoms with Crippen LogP contribution in [0.25, 0.3) is 0 Å². The first kappa shape index (κ1) is 20.3. The van der Waals surface area contributed by atoms with E-state index in [1.807, 2.05) is 49.4 Å². The molecule has 0 fully saturated rings. The summed E-state index contributed by atoms with van der Waals surface area (Å²) in [7, 11) is 3.17. The van der Waals surface area contributed by atoms with Gasteiger partial charge in [0.25, 0.3) is 5.91 Å². The first-order valence-electron chi connectivity index (χ1n) is 8.90. The Balaban J connectivity index is 2.16. The van der Waals surface area contributed by atoms with E-state index in [0.29, 0.717) is 18.7 Å². The van der Waals surface area contributed by atoms with Gasteiger partial charge < -0.3 is 19.7 Å². The third-order valence-electron chi connectivity index (χ3n) is 4.25. The van der Waals surface area contributed by atoms with Crippen LogP contribution in [0, 0.1) is 0 Å². The molecule has 2 aromatic carbocycles. The van der Waals surface area contributed by atoms with Gasteiger partial charge in [0.05, 0.1) is 7.11 Å². The number of hydrogen-bond acceptors (Lipinski definition) is 4. The molecule has 0 aromatic heterocycles. The standard InChI is InChI=1S/C21H26N2O4/c1-4-19(21(25)22-2)23(14-16-10-12-17(26-3)13-11-16)20(24)15-27-18-8-6-5-7-9-18/h5-13,19H,4,14-15H2,1-3H3,(H,22,25). The van der Waals surface area contributed by atoms with Crippen LogP contribution in [0.2, 0.25) is 0 Å². The van der Waals surface area contributed by atoms with Crippen molar-refractivity contribution in [3.8, 4) is 11.5 Å². The topological polar surface area (TPSA) is 67.9 Å². The lowest BCUT2D eigenvalue weighted by Gasteiger charge is -2.30. The van der Waals surface area contributed by atoms with E-state index in [1.54, 1.807) is 31.2 Å². The zero-order valence-electron chi connectivity index (χ0n) is 16.0. The Labute approximate surface area is 160 Å². The molecule has 0 bridgehead atoms. The number of methoxy groups -OCH3 is 1. The predicted molar refractivity (Wildman–Crippen MR) is 104 cm³/mol. The Morgan fingerprint density at radius 1 is 1.04 bits per heavy atom. The molecule has 1 N–H and O–H groups in total. The van der Waals surface area contributed by atoms with Gasteiger partial charge in [-0.15, -0.1) is 0 Å². The molecule has 0 aliphatic heterocycles. The molecule has 0 radical (unpaired) electrons. The average molecular weight is 370 g/mol. The third-order valence-corrected chi connectivity index (χ3v) is 4.25. The van der Waals surface area contributed by atoms with E-state index in [2.05, 4.69) is 5.32 Å². The molecule has 0 heterocycles. The highest BCUT2D eigenvalue weighted by molar-refractivity contribution is 5.88. The summed E-state index contributed by atoms with van der Waals surface area (Å²) in [6, 6.07) is 16.0. The molecule has 0 saturated carbocycles. The summed E-state index contributed by atoms with van der Waals surface area (Å²) in [5, 5.41) is 2.64. The molecule has 27 heavy (non-hydrogen) atoms. The van der Waals surface area contributed by atoms with Crippen LogP contribution < -0.4 is 14.8 Å². The summed E-state index contributed by atoms with van der Waals surface area (Å²) < 4.78 is 10.8. The Hall–Kier alpha value is -3.02. The molecule has 2 aromatic rings. The van der Waals surface area contributed by atoms with Crippen molar-refractivity contribution in [3.05, 3.63) is 60.2 Å². The number of nitrogens with zero attached hydrogens (tertiary/aromatic N) is 1. The minimum Gasteiger partial charge on any atom is -0.497 e. The fraction of sp³-hybridized carbons (Fsp3) is 0.333. The number of para-hydroxylation sites is 1. The van der Waals surface area contributed by atoms with Crippen molar-refractivity contribution in [2.45, 2.75) is 25.9 Å². The smallest absolute Gasteiger partial charge is 0.261 e. The van der Waals surface area contributed by atoms with Gasteiger partial charge in [-0.25, -0.2) is 0 Å². The Morgan fingerprint density at radius 2 is 1.70 bits per heavy atom. The summed E-state index contributed by atoms with van der Waals surface area (Å²) >= 11 is 0. The normalized spacial score (nSPS) is 11.4. The number of carbonyl (C=O) groups is 2. The van der Waals surface area contributed by atoms with E-state index >= 15 is 0 Å². The van der Waals surface area contributed by atoms with Crippen molar-refractivity contribution in [2.75, 3.05) is 20.8 Å². The lowest BCUT2D eigenvalue weighted by Crippen LogP contribution is -2.49. The van der Waals surface area contributed by atoms with Crippen molar-refractivity contribution >= 4 is 11.8 Å². The van der Waals surface area contributed by atoms with Gasteiger partial charge in [0, 0.05) is 13.6 Å². The van der Waals surface area contributed by atoms with Crippen LogP contribution in [0.3, 0.4) is 0 Å². The van der Waals surface area contributed by atoms with Crippen LogP contribution in [-0.2, 0) is 16.1 Å². The van der Waals surface area contributed by atoms with E-state index in [9.17, 15) is 9.59 Å². The molecule has 0 spiro atoms. The summed E-state index contributed by atoms with van der Waals surface area (Å²) in [5.41, 5.74) is 0.909. The van der Waals surface area contributed by atoms with E-state index in [0.717, 1.165) is 11.3 Å². The Morgan fingerprint density at radius 3 is 2.26 bits per heavy atom. The SMILES string of the molecule is CCC(C(=O)NC)N(Cc1ccc(OC)cc1)C(=O)COc1ccccc1. The van der Waals surface area contributed by atoms with Crippen molar-refractivity contribution in [3.63, 3.8) is 0 Å². The van der Waals surface area contributed by atoms with Crippen LogP contribution in [0.1, 0.15) is 18.9 Å². The maximum Gasteiger partial charge on any atom is 0.261 e. The van der Waals surface area contributed by atoms with Gasteiger partial charge in [0.15, 0.2) is 6.61 Å². The predicted octanol–water partition coefficient (Wildman–Crippen LogP) is 2.63. The molecule has 0 saturated heterocycles. The average Bonchev–Trinajstić information content (AvgIpc) is 2.72. The second kappa shape index (κ2) is 10.2. The van der Waals surface area contributed by atoms with Crippen molar-refractivity contribution in [1.29, 1.82) is 0 Å². The Kier molecular flexibility index (Phi) is 7.67. The van der Waals surface area contributed by atoms with Crippen LogP contribution in [-0.4, -0.2) is 43.5 Å². The number of carbonyl (C=O) groups excluding carboxylic acids is 2. The number of benzene rings is 2. The van der Waals surface area contributed by atoms with Crippen LogP contribution in [0.4, 0.5) is 0 Å². The molecule has 1 unspecified atom stereocenters. The minimum atomic E-state index is -0.566. The fourth-order valence-corrected chi connectivity index (χ4v) is 2.76. The highest BCUT2D eigenvalue weighted by atomic mass is 16.5. The maximum atomic E-state index is 12.9. The molecule has 0 aliphatic carbocycles. The van der Waals surface area contributed by atoms with E-state index in [-0.39, 0.29) is 18.4 Å². The van der Waals surface area contributed by atoms with Gasteiger partial charge in [-0.2, -0.15) is 0 Å². The summed E-state index contributed by atoms with van der Waals surface area (Å²) in [6.45, 7) is 2.06. The highest BCUT2D eigenvalue weighted by Gasteiger charge is 2.28. The lowest BCUT2D eigenvalue weighted by atomic mass is 10.1. The van der Waals surface area contributed by atoms with Gasteiger partial charge in [0.1, 0.15) is 17.5 Å². The first-order valence-corrected chi connectivity index (χ1v) is 8.90. The third kappa shape index (κ3) is 5.74. The zero-order valence-corrected chi connectivity index (χ0v) is 16.0. The van der Waals surface area contributed by atoms with Gasteiger partial charge >= 0.3 is 0 Å².